The number of urea groups is 1. The molecule has 0 saturated heterocycles. The molecule has 22 heteroatoms. The van der Waals surface area contributed by atoms with Crippen molar-refractivity contribution < 1.29 is 48.6 Å². The van der Waals surface area contributed by atoms with Gasteiger partial charge in [0, 0.05) is 24.9 Å². The number of nitrogens with two attached hydrogens (primary N) is 1. The van der Waals surface area contributed by atoms with Gasteiger partial charge in [0.05, 0.1) is 22.0 Å². The van der Waals surface area contributed by atoms with Crippen LogP contribution >= 0.6 is 0 Å². The highest BCUT2D eigenvalue weighted by Gasteiger charge is 2.27. The Morgan fingerprint density at radius 2 is 1.36 bits per heavy atom. The topological polar surface area (TPSA) is 310 Å². The summed E-state index contributed by atoms with van der Waals surface area (Å²) in [7, 11) is -14.1. The van der Waals surface area contributed by atoms with E-state index < -0.39 is 78.7 Å². The molecule has 19 nitrogen and oxygen atoms in total. The number of nitrogens with one attached hydrogen (secondary N) is 3. The van der Waals surface area contributed by atoms with E-state index in [0.717, 1.165) is 12.1 Å². The molecule has 42 heavy (non-hydrogen) atoms. The normalized spacial score (nSPS) is 12.2. The fourth-order valence-electron chi connectivity index (χ4n) is 3.35. The molecule has 2 amide bonds. The number of nitro groups is 1. The summed E-state index contributed by atoms with van der Waals surface area (Å²) in [6, 6.07) is 5.98. The van der Waals surface area contributed by atoms with Crippen LogP contribution in [0, 0.1) is 10.1 Å². The number of carbonyl (C=O) groups is 1. The highest BCUT2D eigenvalue weighted by molar-refractivity contribution is 7.86. The van der Waals surface area contributed by atoms with Crippen LogP contribution in [0.15, 0.2) is 73.4 Å². The van der Waals surface area contributed by atoms with Crippen molar-refractivity contribution in [2.75, 3.05) is 23.0 Å². The van der Waals surface area contributed by atoms with Crippen LogP contribution in [-0.4, -0.2) is 56.9 Å². The fraction of sp³-hybridized carbons (Fsp3) is 0.0500. The molecular weight excluding hydrogens is 626 g/mol. The van der Waals surface area contributed by atoms with Crippen molar-refractivity contribution >= 4 is 76.2 Å². The van der Waals surface area contributed by atoms with Gasteiger partial charge in [-0.2, -0.15) is 25.3 Å². The lowest BCUT2D eigenvalue weighted by atomic mass is 10.2. The first-order valence-corrected chi connectivity index (χ1v) is 15.1. The van der Waals surface area contributed by atoms with Crippen LogP contribution in [0.4, 0.5) is 44.6 Å². The molecule has 3 aromatic rings. The molecule has 8 N–H and O–H groups in total. The zero-order chi connectivity index (χ0) is 31.6. The van der Waals surface area contributed by atoms with Crippen LogP contribution < -0.4 is 21.7 Å². The number of primary amides is 1. The van der Waals surface area contributed by atoms with Gasteiger partial charge < -0.3 is 21.7 Å². The van der Waals surface area contributed by atoms with E-state index in [4.69, 9.17) is 5.73 Å². The first kappa shape index (κ1) is 31.8. The van der Waals surface area contributed by atoms with Crippen LogP contribution in [0.5, 0.6) is 0 Å². The Bertz CT molecular complexity index is 1960. The Morgan fingerprint density at radius 3 is 1.88 bits per heavy atom. The second kappa shape index (κ2) is 11.6. The van der Waals surface area contributed by atoms with Crippen molar-refractivity contribution in [1.29, 1.82) is 0 Å². The third-order valence-electron chi connectivity index (χ3n) is 5.15. The summed E-state index contributed by atoms with van der Waals surface area (Å²) in [6.45, 7) is 0. The number of amides is 2. The van der Waals surface area contributed by atoms with Crippen LogP contribution in [-0.2, 0) is 30.4 Å². The number of hydrogen-bond acceptors (Lipinski definition) is 13. The van der Waals surface area contributed by atoms with Crippen LogP contribution in [0.1, 0.15) is 0 Å². The molecule has 0 bridgehead atoms. The third-order valence-corrected chi connectivity index (χ3v) is 7.82. The van der Waals surface area contributed by atoms with Crippen molar-refractivity contribution in [3.63, 3.8) is 0 Å². The first-order chi connectivity index (χ1) is 19.3. The number of carbonyl (C=O) groups excluding carboxylic acids is 1. The quantitative estimate of drug-likeness (QED) is 0.0721. The summed E-state index contributed by atoms with van der Waals surface area (Å²) < 4.78 is 102. The molecule has 0 saturated carbocycles. The predicted octanol–water partition coefficient (Wildman–Crippen LogP) is 3.03. The SMILES string of the molecule is CNc1ccc(N=Nc2cc(S(=O)(=O)O)c(Nc3ccc([N+](=O)[O-])cc3S(=O)(=O)O)cc2S(=O)(=O)O)c(NC(N)=O)c1. The van der Waals surface area contributed by atoms with Gasteiger partial charge in [-0.15, -0.1) is 10.2 Å². The highest BCUT2D eigenvalue weighted by Crippen LogP contribution is 2.38. The van der Waals surface area contributed by atoms with Crippen LogP contribution in [0.3, 0.4) is 0 Å². The minimum atomic E-state index is -5.27. The average Bonchev–Trinajstić information content (AvgIpc) is 2.86. The van der Waals surface area contributed by atoms with Gasteiger partial charge in [-0.3, -0.25) is 23.8 Å². The van der Waals surface area contributed by atoms with E-state index in [1.54, 1.807) is 7.05 Å². The largest absolute Gasteiger partial charge is 0.388 e. The minimum Gasteiger partial charge on any atom is -0.388 e. The summed E-state index contributed by atoms with van der Waals surface area (Å²) in [5.41, 5.74) is 2.30. The van der Waals surface area contributed by atoms with E-state index in [9.17, 15) is 53.8 Å². The summed E-state index contributed by atoms with van der Waals surface area (Å²) >= 11 is 0. The molecule has 224 valence electrons. The Balaban J connectivity index is 2.27. The van der Waals surface area contributed by atoms with E-state index in [0.29, 0.717) is 23.9 Å². The van der Waals surface area contributed by atoms with Gasteiger partial charge in [0.25, 0.3) is 36.0 Å². The zero-order valence-corrected chi connectivity index (χ0v) is 23.2. The molecule has 0 unspecified atom stereocenters. The lowest BCUT2D eigenvalue weighted by Gasteiger charge is -2.15. The Labute approximate surface area is 236 Å². The maximum absolute atomic E-state index is 12.2. The van der Waals surface area contributed by atoms with E-state index in [-0.39, 0.29) is 11.4 Å². The molecular formula is C20H19N7O12S3. The second-order valence-corrected chi connectivity index (χ2v) is 12.1. The number of nitro benzene ring substituents is 1. The third kappa shape index (κ3) is 7.50. The molecule has 0 radical (unpaired) electrons. The van der Waals surface area contributed by atoms with Crippen LogP contribution in [0.25, 0.3) is 0 Å². The van der Waals surface area contributed by atoms with Gasteiger partial charge in [0.2, 0.25) is 0 Å². The van der Waals surface area contributed by atoms with E-state index in [2.05, 4.69) is 26.2 Å². The van der Waals surface area contributed by atoms with Crippen molar-refractivity contribution in [2.45, 2.75) is 14.7 Å². The Morgan fingerprint density at radius 1 is 0.786 bits per heavy atom. The monoisotopic (exact) mass is 645 g/mol. The first-order valence-electron chi connectivity index (χ1n) is 10.8. The van der Waals surface area contributed by atoms with Gasteiger partial charge >= 0.3 is 6.03 Å². The van der Waals surface area contributed by atoms with Gasteiger partial charge in [0.1, 0.15) is 26.1 Å². The smallest absolute Gasteiger partial charge is 0.316 e. The van der Waals surface area contributed by atoms with Crippen molar-refractivity contribution in [3.05, 3.63) is 58.6 Å². The minimum absolute atomic E-state index is 0.0179. The number of benzene rings is 3. The Hall–Kier alpha value is -4.74. The van der Waals surface area contributed by atoms with Gasteiger partial charge in [0.15, 0.2) is 0 Å². The van der Waals surface area contributed by atoms with Crippen molar-refractivity contribution in [2.24, 2.45) is 16.0 Å². The van der Waals surface area contributed by atoms with Gasteiger partial charge in [-0.1, -0.05) is 0 Å². The summed E-state index contributed by atoms with van der Waals surface area (Å²) in [5.74, 6) is 0. The molecule has 0 atom stereocenters. The number of non-ortho nitro benzene ring substituents is 1. The fourth-order valence-corrected chi connectivity index (χ4v) is 5.30. The summed E-state index contributed by atoms with van der Waals surface area (Å²) in [6.07, 6.45) is 0. The molecule has 0 aliphatic rings. The molecule has 0 aliphatic carbocycles. The number of azo groups is 1. The molecule has 0 spiro atoms. The standard InChI is InChI=1S/C20H19N7O12S3/c1-22-10-2-4-12(14(6-10)24-20(21)28)25-26-16-9-18(41(34,35)36)15(8-19(16)42(37,38)39)23-13-5-3-11(27(29)30)7-17(13)40(31,32)33/h2-9,22-23H,1H3,(H3,21,24,28)(H,31,32,33)(H,34,35,36)(H,37,38,39). The summed E-state index contributed by atoms with van der Waals surface area (Å²) in [4.78, 5) is 18.1. The second-order valence-electron chi connectivity index (χ2n) is 7.98. The lowest BCUT2D eigenvalue weighted by molar-refractivity contribution is -0.385. The number of anilines is 4. The number of hydrogen-bond donors (Lipinski definition) is 7. The molecule has 0 heterocycles. The molecule has 3 rings (SSSR count). The maximum atomic E-state index is 12.2. The molecule has 0 aliphatic heterocycles. The lowest BCUT2D eigenvalue weighted by Crippen LogP contribution is -2.19. The highest BCUT2D eigenvalue weighted by atomic mass is 32.2. The zero-order valence-electron chi connectivity index (χ0n) is 20.8. The Kier molecular flexibility index (Phi) is 8.80. The van der Waals surface area contributed by atoms with Gasteiger partial charge in [-0.25, -0.2) is 4.79 Å². The van der Waals surface area contributed by atoms with E-state index >= 15 is 0 Å². The van der Waals surface area contributed by atoms with Crippen molar-refractivity contribution in [1.82, 2.24) is 0 Å². The average molecular weight is 646 g/mol. The van der Waals surface area contributed by atoms with Crippen LogP contribution in [0.2, 0.25) is 0 Å². The molecule has 0 aromatic heterocycles. The predicted molar refractivity (Wildman–Crippen MR) is 146 cm³/mol. The summed E-state index contributed by atoms with van der Waals surface area (Å²) in [5, 5.41) is 25.6. The van der Waals surface area contributed by atoms with Gasteiger partial charge in [-0.05, 0) is 36.4 Å². The molecule has 0 fully saturated rings. The number of rotatable bonds is 10. The number of nitrogens with zero attached hydrogens (tertiary/aromatic N) is 3. The maximum Gasteiger partial charge on any atom is 0.316 e. The van der Waals surface area contributed by atoms with Crippen molar-refractivity contribution in [3.8, 4) is 0 Å². The van der Waals surface area contributed by atoms with E-state index in [1.165, 1.54) is 18.2 Å². The molecule has 3 aromatic carbocycles. The van der Waals surface area contributed by atoms with E-state index in [1.807, 2.05) is 0 Å².